The van der Waals surface area contributed by atoms with Gasteiger partial charge in [-0.1, -0.05) is 49.4 Å². The van der Waals surface area contributed by atoms with Gasteiger partial charge in [0, 0.05) is 11.1 Å². The van der Waals surface area contributed by atoms with E-state index >= 15 is 0 Å². The lowest BCUT2D eigenvalue weighted by atomic mass is 10.1. The number of benzene rings is 3. The lowest BCUT2D eigenvalue weighted by Crippen LogP contribution is -2.30. The van der Waals surface area contributed by atoms with Crippen LogP contribution < -0.4 is 10.9 Å². The monoisotopic (exact) mass is 456 g/mol. The number of aromatic nitrogens is 1. The Hall–Kier alpha value is -4.39. The number of rotatable bonds is 7. The maximum Gasteiger partial charge on any atom is 0.338 e. The molecule has 0 unspecified atom stereocenters. The molecule has 1 heterocycles. The minimum Gasteiger partial charge on any atom is -0.506 e. The van der Waals surface area contributed by atoms with E-state index in [1.165, 1.54) is 16.7 Å². The molecule has 4 aromatic rings. The van der Waals surface area contributed by atoms with E-state index < -0.39 is 17.4 Å². The normalized spacial score (nSPS) is 10.7. The Bertz CT molecular complexity index is 1390. The van der Waals surface area contributed by atoms with Crippen molar-refractivity contribution in [3.63, 3.8) is 0 Å². The molecule has 172 valence electrons. The Kier molecular flexibility index (Phi) is 6.73. The Morgan fingerprint density at radius 1 is 0.941 bits per heavy atom. The molecule has 0 bridgehead atoms. The summed E-state index contributed by atoms with van der Waals surface area (Å²) < 4.78 is 6.58. The van der Waals surface area contributed by atoms with Gasteiger partial charge in [-0.15, -0.1) is 0 Å². The van der Waals surface area contributed by atoms with Crippen LogP contribution in [0.3, 0.4) is 0 Å². The van der Waals surface area contributed by atoms with Gasteiger partial charge in [0.05, 0.1) is 24.2 Å². The van der Waals surface area contributed by atoms with Crippen LogP contribution in [0.5, 0.6) is 5.75 Å². The molecule has 0 saturated carbocycles. The standard InChI is InChI=1S/C27H24N2O5/c1-2-16-34-27(33)19-12-14-20(15-13-19)28-25(31)23-24(30)21-10-6-7-11-22(21)29(26(23)32)17-18-8-4-3-5-9-18/h3-15,30H,2,16-17H2,1H3,(H,28,31). The molecule has 0 aliphatic carbocycles. The molecular formula is C27H24N2O5. The predicted octanol–water partition coefficient (Wildman–Crippen LogP) is 4.57. The van der Waals surface area contributed by atoms with Crippen molar-refractivity contribution in [1.29, 1.82) is 0 Å². The second-order valence-corrected chi connectivity index (χ2v) is 7.79. The Balaban J connectivity index is 1.68. The number of hydrogen-bond donors (Lipinski definition) is 2. The fourth-order valence-corrected chi connectivity index (χ4v) is 3.68. The molecule has 0 atom stereocenters. The summed E-state index contributed by atoms with van der Waals surface area (Å²) in [5.41, 5.74) is 1.19. The summed E-state index contributed by atoms with van der Waals surface area (Å²) in [6, 6.07) is 22.5. The first-order chi connectivity index (χ1) is 16.5. The Labute approximate surface area is 196 Å². The summed E-state index contributed by atoms with van der Waals surface area (Å²) in [5, 5.41) is 13.9. The molecule has 34 heavy (non-hydrogen) atoms. The molecule has 0 fully saturated rings. The van der Waals surface area contributed by atoms with Gasteiger partial charge in [0.15, 0.2) is 0 Å². The van der Waals surface area contributed by atoms with Gasteiger partial charge in [-0.05, 0) is 48.4 Å². The lowest BCUT2D eigenvalue weighted by Gasteiger charge is -2.15. The minimum atomic E-state index is -0.739. The van der Waals surface area contributed by atoms with Gasteiger partial charge in [-0.3, -0.25) is 9.59 Å². The fraction of sp³-hybridized carbons (Fsp3) is 0.148. The van der Waals surface area contributed by atoms with Crippen molar-refractivity contribution in [2.45, 2.75) is 19.9 Å². The number of esters is 1. The summed E-state index contributed by atoms with van der Waals surface area (Å²) in [5.74, 6) is -1.56. The van der Waals surface area contributed by atoms with Crippen molar-refractivity contribution in [2.24, 2.45) is 0 Å². The molecule has 7 nitrogen and oxygen atoms in total. The van der Waals surface area contributed by atoms with Crippen molar-refractivity contribution < 1.29 is 19.4 Å². The fourth-order valence-electron chi connectivity index (χ4n) is 3.68. The third-order valence-corrected chi connectivity index (χ3v) is 5.37. The molecule has 4 rings (SSSR count). The maximum atomic E-state index is 13.4. The molecule has 0 radical (unpaired) electrons. The second kappa shape index (κ2) is 10.0. The van der Waals surface area contributed by atoms with Crippen molar-refractivity contribution in [3.8, 4) is 5.75 Å². The van der Waals surface area contributed by atoms with E-state index in [0.717, 1.165) is 12.0 Å². The van der Waals surface area contributed by atoms with Gasteiger partial charge in [-0.25, -0.2) is 4.79 Å². The zero-order valence-corrected chi connectivity index (χ0v) is 18.7. The van der Waals surface area contributed by atoms with Crippen molar-refractivity contribution in [2.75, 3.05) is 11.9 Å². The van der Waals surface area contributed by atoms with Crippen molar-refractivity contribution >= 4 is 28.5 Å². The molecule has 0 spiro atoms. The smallest absolute Gasteiger partial charge is 0.338 e. The van der Waals surface area contributed by atoms with Crippen LogP contribution in [-0.2, 0) is 11.3 Å². The van der Waals surface area contributed by atoms with Crippen LogP contribution in [0.4, 0.5) is 5.69 Å². The lowest BCUT2D eigenvalue weighted by molar-refractivity contribution is 0.0505. The van der Waals surface area contributed by atoms with E-state index in [1.807, 2.05) is 37.3 Å². The summed E-state index contributed by atoms with van der Waals surface area (Å²) in [6.07, 6.45) is 0.719. The highest BCUT2D eigenvalue weighted by Crippen LogP contribution is 2.27. The number of hydrogen-bond acceptors (Lipinski definition) is 5. The first kappa shape index (κ1) is 22.8. The molecule has 3 aromatic carbocycles. The number of amides is 1. The quantitative estimate of drug-likeness (QED) is 0.397. The van der Waals surface area contributed by atoms with E-state index in [1.54, 1.807) is 36.4 Å². The van der Waals surface area contributed by atoms with E-state index in [2.05, 4.69) is 5.32 Å². The van der Waals surface area contributed by atoms with Gasteiger partial charge in [0.2, 0.25) is 0 Å². The van der Waals surface area contributed by atoms with Crippen LogP contribution in [0, 0.1) is 0 Å². The summed E-state index contributed by atoms with van der Waals surface area (Å²) in [6.45, 7) is 2.48. The number of aromatic hydroxyl groups is 1. The number of anilines is 1. The largest absolute Gasteiger partial charge is 0.506 e. The van der Waals surface area contributed by atoms with Gasteiger partial charge in [0.1, 0.15) is 11.3 Å². The van der Waals surface area contributed by atoms with Crippen molar-refractivity contribution in [1.82, 2.24) is 4.57 Å². The van der Waals surface area contributed by atoms with Gasteiger partial charge in [-0.2, -0.15) is 0 Å². The van der Waals surface area contributed by atoms with E-state index in [4.69, 9.17) is 4.74 Å². The van der Waals surface area contributed by atoms with Crippen LogP contribution in [0.25, 0.3) is 10.9 Å². The minimum absolute atomic E-state index is 0.245. The first-order valence-electron chi connectivity index (χ1n) is 11.0. The number of carbonyl (C=O) groups excluding carboxylic acids is 2. The molecule has 0 saturated heterocycles. The molecule has 7 heteroatoms. The van der Waals surface area contributed by atoms with E-state index in [9.17, 15) is 19.5 Å². The number of fused-ring (bicyclic) bond motifs is 1. The van der Waals surface area contributed by atoms with Crippen LogP contribution in [0.2, 0.25) is 0 Å². The molecule has 0 aliphatic rings. The van der Waals surface area contributed by atoms with Crippen LogP contribution in [0.15, 0.2) is 83.7 Å². The van der Waals surface area contributed by atoms with Gasteiger partial charge >= 0.3 is 5.97 Å². The van der Waals surface area contributed by atoms with Gasteiger partial charge in [0.25, 0.3) is 11.5 Å². The van der Waals surface area contributed by atoms with Gasteiger partial charge < -0.3 is 19.7 Å². The first-order valence-corrected chi connectivity index (χ1v) is 11.0. The van der Waals surface area contributed by atoms with E-state index in [-0.39, 0.29) is 17.9 Å². The predicted molar refractivity (Wildman–Crippen MR) is 130 cm³/mol. The van der Waals surface area contributed by atoms with E-state index in [0.29, 0.717) is 28.8 Å². The maximum absolute atomic E-state index is 13.4. The number of pyridine rings is 1. The average molecular weight is 456 g/mol. The number of nitrogens with one attached hydrogen (secondary N) is 1. The summed E-state index contributed by atoms with van der Waals surface area (Å²) in [7, 11) is 0. The number of carbonyl (C=O) groups is 2. The Morgan fingerprint density at radius 2 is 1.62 bits per heavy atom. The molecule has 0 aliphatic heterocycles. The highest BCUT2D eigenvalue weighted by atomic mass is 16.5. The highest BCUT2D eigenvalue weighted by molar-refractivity contribution is 6.09. The zero-order valence-electron chi connectivity index (χ0n) is 18.7. The Morgan fingerprint density at radius 3 is 2.32 bits per heavy atom. The molecule has 1 aromatic heterocycles. The number of ether oxygens (including phenoxy) is 1. The third-order valence-electron chi connectivity index (χ3n) is 5.37. The number of nitrogens with zero attached hydrogens (tertiary/aromatic N) is 1. The average Bonchev–Trinajstić information content (AvgIpc) is 2.86. The highest BCUT2D eigenvalue weighted by Gasteiger charge is 2.22. The SMILES string of the molecule is CCCOC(=O)c1ccc(NC(=O)c2c(O)c3ccccc3n(Cc3ccccc3)c2=O)cc1. The van der Waals surface area contributed by atoms with Crippen LogP contribution >= 0.6 is 0 Å². The van der Waals surface area contributed by atoms with Crippen LogP contribution in [-0.4, -0.2) is 28.2 Å². The number of para-hydroxylation sites is 1. The third kappa shape index (κ3) is 4.68. The van der Waals surface area contributed by atoms with Crippen molar-refractivity contribution in [3.05, 3.63) is 106 Å². The second-order valence-electron chi connectivity index (χ2n) is 7.79. The molecule has 2 N–H and O–H groups in total. The summed E-state index contributed by atoms with van der Waals surface area (Å²) in [4.78, 5) is 38.4. The summed E-state index contributed by atoms with van der Waals surface area (Å²) >= 11 is 0. The topological polar surface area (TPSA) is 97.6 Å². The molecule has 1 amide bonds. The van der Waals surface area contributed by atoms with Crippen LogP contribution in [0.1, 0.15) is 39.6 Å². The molecular weight excluding hydrogens is 432 g/mol. The zero-order chi connectivity index (χ0) is 24.1.